The number of ether oxygens (including phenoxy) is 1. The minimum atomic E-state index is -0.833. The summed E-state index contributed by atoms with van der Waals surface area (Å²) < 4.78 is 5.19. The molecular formula is C8H12N4O4. The van der Waals surface area contributed by atoms with Crippen LogP contribution in [0.4, 0.5) is 0 Å². The summed E-state index contributed by atoms with van der Waals surface area (Å²) in [5.41, 5.74) is 0. The summed E-state index contributed by atoms with van der Waals surface area (Å²) in [6.07, 6.45) is -0.553. The molecule has 0 aromatic carbocycles. The number of hydrogen-bond donors (Lipinski definition) is 4. The first-order valence-corrected chi connectivity index (χ1v) is 4.81. The van der Waals surface area contributed by atoms with Crippen molar-refractivity contribution in [1.82, 2.24) is 20.5 Å². The van der Waals surface area contributed by atoms with Gasteiger partial charge in [0.15, 0.2) is 6.23 Å². The highest BCUT2D eigenvalue weighted by Crippen LogP contribution is 2.18. The number of H-pyrrole nitrogens is 1. The van der Waals surface area contributed by atoms with Gasteiger partial charge in [-0.1, -0.05) is 0 Å². The van der Waals surface area contributed by atoms with E-state index in [4.69, 9.17) is 9.84 Å². The standard InChI is InChI=1S/C8H12N4O4/c13-2-4-1-5(14)8(16-4)11-7(15)6-9-3-10-12-6/h3-5,8,13-14H,1-2H2,(H,11,15)(H,9,10,12)/t4-,5+,8+/m0/s1. The van der Waals surface area contributed by atoms with Crippen molar-refractivity contribution < 1.29 is 19.7 Å². The number of aliphatic hydroxyl groups is 2. The van der Waals surface area contributed by atoms with Crippen LogP contribution in [-0.2, 0) is 4.74 Å². The normalized spacial score (nSPS) is 29.2. The molecule has 88 valence electrons. The predicted octanol–water partition coefficient (Wildman–Crippen LogP) is -2.00. The van der Waals surface area contributed by atoms with Crippen molar-refractivity contribution in [3.8, 4) is 0 Å². The first kappa shape index (κ1) is 11.0. The number of aromatic nitrogens is 3. The quantitative estimate of drug-likeness (QED) is 0.475. The molecule has 1 aromatic heterocycles. The molecule has 4 N–H and O–H groups in total. The lowest BCUT2D eigenvalue weighted by Gasteiger charge is -2.14. The van der Waals surface area contributed by atoms with Crippen LogP contribution < -0.4 is 5.32 Å². The Balaban J connectivity index is 1.93. The molecule has 0 unspecified atom stereocenters. The van der Waals surface area contributed by atoms with Crippen LogP contribution in [-0.4, -0.2) is 56.3 Å². The highest BCUT2D eigenvalue weighted by molar-refractivity contribution is 5.90. The number of nitrogens with one attached hydrogen (secondary N) is 2. The van der Waals surface area contributed by atoms with E-state index in [0.717, 1.165) is 0 Å². The third kappa shape index (κ3) is 2.18. The zero-order valence-electron chi connectivity index (χ0n) is 8.33. The van der Waals surface area contributed by atoms with E-state index in [2.05, 4.69) is 20.5 Å². The Bertz CT molecular complexity index is 355. The van der Waals surface area contributed by atoms with Crippen LogP contribution in [0, 0.1) is 0 Å². The lowest BCUT2D eigenvalue weighted by Crippen LogP contribution is -2.41. The molecule has 0 aliphatic carbocycles. The summed E-state index contributed by atoms with van der Waals surface area (Å²) in [6.45, 7) is -0.190. The molecule has 0 bridgehead atoms. The average Bonchev–Trinajstić information content (AvgIpc) is 2.88. The summed E-state index contributed by atoms with van der Waals surface area (Å²) >= 11 is 0. The van der Waals surface area contributed by atoms with Gasteiger partial charge in [-0.2, -0.15) is 0 Å². The van der Waals surface area contributed by atoms with Crippen LogP contribution in [0.15, 0.2) is 6.33 Å². The van der Waals surface area contributed by atoms with Crippen LogP contribution in [0.5, 0.6) is 0 Å². The van der Waals surface area contributed by atoms with Gasteiger partial charge in [-0.05, 0) is 0 Å². The average molecular weight is 228 g/mol. The number of hydrogen-bond acceptors (Lipinski definition) is 6. The van der Waals surface area contributed by atoms with Crippen LogP contribution in [0.25, 0.3) is 0 Å². The van der Waals surface area contributed by atoms with Crippen molar-refractivity contribution in [2.75, 3.05) is 6.61 Å². The number of carbonyl (C=O) groups excluding carboxylic acids is 1. The van der Waals surface area contributed by atoms with Crippen LogP contribution in [0.1, 0.15) is 17.0 Å². The number of aliphatic hydroxyl groups excluding tert-OH is 2. The Labute approximate surface area is 90.6 Å². The fourth-order valence-corrected chi connectivity index (χ4v) is 1.51. The van der Waals surface area contributed by atoms with E-state index in [0.29, 0.717) is 0 Å². The van der Waals surface area contributed by atoms with Crippen molar-refractivity contribution in [3.05, 3.63) is 12.2 Å². The second-order valence-corrected chi connectivity index (χ2v) is 3.46. The summed E-state index contributed by atoms with van der Waals surface area (Å²) in [5.74, 6) is -0.563. The maximum Gasteiger partial charge on any atom is 0.293 e. The van der Waals surface area contributed by atoms with E-state index in [-0.39, 0.29) is 18.9 Å². The Morgan fingerprint density at radius 3 is 3.12 bits per heavy atom. The van der Waals surface area contributed by atoms with Gasteiger partial charge in [-0.25, -0.2) is 4.98 Å². The molecule has 16 heavy (non-hydrogen) atoms. The maximum absolute atomic E-state index is 11.5. The molecule has 0 radical (unpaired) electrons. The van der Waals surface area contributed by atoms with E-state index in [1.54, 1.807) is 0 Å². The summed E-state index contributed by atoms with van der Waals surface area (Å²) in [6, 6.07) is 0. The fraction of sp³-hybridized carbons (Fsp3) is 0.625. The van der Waals surface area contributed by atoms with Crippen molar-refractivity contribution in [2.24, 2.45) is 0 Å². The van der Waals surface area contributed by atoms with Crippen LogP contribution >= 0.6 is 0 Å². The maximum atomic E-state index is 11.5. The predicted molar refractivity (Wildman–Crippen MR) is 50.2 cm³/mol. The molecule has 1 aliphatic heterocycles. The fourth-order valence-electron chi connectivity index (χ4n) is 1.51. The Hall–Kier alpha value is -1.51. The largest absolute Gasteiger partial charge is 0.394 e. The molecule has 1 aliphatic rings. The number of carbonyl (C=O) groups is 1. The Morgan fingerprint density at radius 2 is 2.56 bits per heavy atom. The third-order valence-corrected chi connectivity index (χ3v) is 2.29. The zero-order valence-corrected chi connectivity index (χ0v) is 8.33. The molecule has 0 spiro atoms. The van der Waals surface area contributed by atoms with Gasteiger partial charge < -0.3 is 20.3 Å². The monoisotopic (exact) mass is 228 g/mol. The zero-order chi connectivity index (χ0) is 11.5. The minimum absolute atomic E-state index is 0.0248. The molecule has 1 saturated heterocycles. The van der Waals surface area contributed by atoms with E-state index in [1.807, 2.05) is 0 Å². The lowest BCUT2D eigenvalue weighted by molar-refractivity contribution is -0.0237. The van der Waals surface area contributed by atoms with E-state index in [1.165, 1.54) is 6.33 Å². The molecule has 0 saturated carbocycles. The van der Waals surface area contributed by atoms with Crippen LogP contribution in [0.2, 0.25) is 0 Å². The van der Waals surface area contributed by atoms with Crippen molar-refractivity contribution >= 4 is 5.91 Å². The van der Waals surface area contributed by atoms with Gasteiger partial charge in [0, 0.05) is 6.42 Å². The van der Waals surface area contributed by atoms with Gasteiger partial charge in [0.2, 0.25) is 5.82 Å². The topological polar surface area (TPSA) is 120 Å². The van der Waals surface area contributed by atoms with Gasteiger partial charge >= 0.3 is 0 Å². The van der Waals surface area contributed by atoms with Crippen LogP contribution in [0.3, 0.4) is 0 Å². The number of nitrogens with zero attached hydrogens (tertiary/aromatic N) is 2. The second kappa shape index (κ2) is 4.56. The summed E-state index contributed by atoms with van der Waals surface area (Å²) in [7, 11) is 0. The number of amides is 1. The van der Waals surface area contributed by atoms with Gasteiger partial charge in [0.05, 0.1) is 12.7 Å². The van der Waals surface area contributed by atoms with E-state index in [9.17, 15) is 9.90 Å². The summed E-state index contributed by atoms with van der Waals surface area (Å²) in [5, 5.41) is 26.8. The number of rotatable bonds is 3. The van der Waals surface area contributed by atoms with Gasteiger partial charge in [0.1, 0.15) is 12.4 Å². The first-order valence-electron chi connectivity index (χ1n) is 4.81. The van der Waals surface area contributed by atoms with Crippen molar-refractivity contribution in [1.29, 1.82) is 0 Å². The summed E-state index contributed by atoms with van der Waals surface area (Å²) in [4.78, 5) is 15.1. The first-order chi connectivity index (χ1) is 7.70. The molecule has 2 rings (SSSR count). The van der Waals surface area contributed by atoms with Gasteiger partial charge in [-0.3, -0.25) is 9.89 Å². The number of aromatic amines is 1. The molecule has 1 aromatic rings. The van der Waals surface area contributed by atoms with Gasteiger partial charge in [-0.15, -0.1) is 5.10 Å². The smallest absolute Gasteiger partial charge is 0.293 e. The highest BCUT2D eigenvalue weighted by Gasteiger charge is 2.35. The SMILES string of the molecule is O=C(N[C@@H]1O[C@H](CO)C[C@H]1O)c1nc[nH]n1. The van der Waals surface area contributed by atoms with Crippen molar-refractivity contribution in [2.45, 2.75) is 24.9 Å². The van der Waals surface area contributed by atoms with E-state index >= 15 is 0 Å². The van der Waals surface area contributed by atoms with Gasteiger partial charge in [0.25, 0.3) is 5.91 Å². The third-order valence-electron chi connectivity index (χ3n) is 2.29. The van der Waals surface area contributed by atoms with E-state index < -0.39 is 24.3 Å². The van der Waals surface area contributed by atoms with Crippen molar-refractivity contribution in [3.63, 3.8) is 0 Å². The molecule has 8 heteroatoms. The Morgan fingerprint density at radius 1 is 1.75 bits per heavy atom. The highest BCUT2D eigenvalue weighted by atomic mass is 16.5. The Kier molecular flexibility index (Phi) is 3.13. The molecular weight excluding hydrogens is 216 g/mol. The molecule has 2 heterocycles. The lowest BCUT2D eigenvalue weighted by atomic mass is 10.2. The molecule has 8 nitrogen and oxygen atoms in total. The second-order valence-electron chi connectivity index (χ2n) is 3.46. The molecule has 1 amide bonds. The minimum Gasteiger partial charge on any atom is -0.394 e. The molecule has 1 fully saturated rings. The molecule has 3 atom stereocenters.